The summed E-state index contributed by atoms with van der Waals surface area (Å²) in [6.07, 6.45) is 6.92. The van der Waals surface area contributed by atoms with Gasteiger partial charge in [0.25, 0.3) is 0 Å². The van der Waals surface area contributed by atoms with Crippen LogP contribution in [-0.2, 0) is 0 Å². The molecule has 3 heteroatoms. The molecular weight excluding hydrogens is 210 g/mol. The summed E-state index contributed by atoms with van der Waals surface area (Å²) in [6, 6.07) is 2.46. The van der Waals surface area contributed by atoms with Crippen molar-refractivity contribution in [2.24, 2.45) is 0 Å². The molecule has 1 saturated carbocycles. The lowest BCUT2D eigenvalue weighted by Crippen LogP contribution is -2.42. The predicted octanol–water partition coefficient (Wildman–Crippen LogP) is 1.54. The normalized spacial score (nSPS) is 35.6. The van der Waals surface area contributed by atoms with Crippen molar-refractivity contribution in [3.63, 3.8) is 0 Å². The van der Waals surface area contributed by atoms with E-state index in [-0.39, 0.29) is 0 Å². The molecule has 2 aliphatic rings. The molecule has 1 aliphatic heterocycles. The van der Waals surface area contributed by atoms with Crippen molar-refractivity contribution in [3.8, 4) is 0 Å². The van der Waals surface area contributed by atoms with Crippen molar-refractivity contribution >= 4 is 0 Å². The molecule has 3 nitrogen and oxygen atoms in total. The van der Waals surface area contributed by atoms with Crippen LogP contribution in [-0.4, -0.2) is 61.7 Å². The molecule has 0 radical (unpaired) electrons. The third kappa shape index (κ3) is 3.43. The van der Waals surface area contributed by atoms with Gasteiger partial charge in [-0.2, -0.15) is 0 Å². The summed E-state index contributed by atoms with van der Waals surface area (Å²) >= 11 is 0. The summed E-state index contributed by atoms with van der Waals surface area (Å²) in [7, 11) is 4.44. The number of likely N-dealkylation sites (N-methyl/N-ethyl adjacent to an activating group) is 1. The molecule has 1 atom stereocenters. The van der Waals surface area contributed by atoms with Crippen molar-refractivity contribution in [1.82, 2.24) is 15.1 Å². The number of hydrogen-bond acceptors (Lipinski definition) is 3. The molecule has 0 aromatic carbocycles. The van der Waals surface area contributed by atoms with Crippen LogP contribution >= 0.6 is 0 Å². The number of likely N-dealkylation sites (tertiary alicyclic amines) is 1. The topological polar surface area (TPSA) is 18.5 Å². The third-order valence-corrected chi connectivity index (χ3v) is 4.63. The fraction of sp³-hybridized carbons (Fsp3) is 1.00. The van der Waals surface area contributed by atoms with E-state index in [2.05, 4.69) is 36.1 Å². The van der Waals surface area contributed by atoms with Crippen LogP contribution in [0.15, 0.2) is 0 Å². The molecule has 2 rings (SSSR count). The first-order chi connectivity index (χ1) is 8.20. The van der Waals surface area contributed by atoms with Crippen LogP contribution in [0.1, 0.15) is 39.0 Å². The van der Waals surface area contributed by atoms with Crippen LogP contribution in [0.4, 0.5) is 0 Å². The van der Waals surface area contributed by atoms with E-state index in [4.69, 9.17) is 0 Å². The molecule has 2 fully saturated rings. The van der Waals surface area contributed by atoms with E-state index < -0.39 is 0 Å². The van der Waals surface area contributed by atoms with Gasteiger partial charge >= 0.3 is 0 Å². The Labute approximate surface area is 107 Å². The molecule has 0 amide bonds. The van der Waals surface area contributed by atoms with Crippen LogP contribution in [0.3, 0.4) is 0 Å². The predicted molar refractivity (Wildman–Crippen MR) is 73.4 cm³/mol. The van der Waals surface area contributed by atoms with Gasteiger partial charge in [-0.1, -0.05) is 6.92 Å². The summed E-state index contributed by atoms with van der Waals surface area (Å²) in [5.41, 5.74) is 0. The highest BCUT2D eigenvalue weighted by Crippen LogP contribution is 2.26. The smallest absolute Gasteiger partial charge is 0.0229 e. The Bertz CT molecular complexity index is 222. The van der Waals surface area contributed by atoms with Gasteiger partial charge in [-0.3, -0.25) is 4.90 Å². The maximum atomic E-state index is 3.60. The Balaban J connectivity index is 1.74. The molecule has 1 aliphatic carbocycles. The standard InChI is InChI=1S/C14H29N3/c1-4-15-12-5-7-13(8-6-12)17-10-9-14(11-17)16(2)3/h12-15H,4-11H2,1-3H3. The summed E-state index contributed by atoms with van der Waals surface area (Å²) in [4.78, 5) is 5.14. The Morgan fingerprint density at radius 3 is 2.35 bits per heavy atom. The Morgan fingerprint density at radius 1 is 1.12 bits per heavy atom. The largest absolute Gasteiger partial charge is 0.314 e. The van der Waals surface area contributed by atoms with Crippen LogP contribution in [0, 0.1) is 0 Å². The van der Waals surface area contributed by atoms with E-state index in [0.29, 0.717) is 0 Å². The SMILES string of the molecule is CCNC1CCC(N2CCC(N(C)C)C2)CC1. The zero-order chi connectivity index (χ0) is 12.3. The zero-order valence-corrected chi connectivity index (χ0v) is 11.8. The molecule has 1 unspecified atom stereocenters. The first-order valence-corrected chi connectivity index (χ1v) is 7.34. The lowest BCUT2D eigenvalue weighted by atomic mass is 9.90. The molecule has 0 aromatic rings. The van der Waals surface area contributed by atoms with E-state index in [1.807, 2.05) is 0 Å². The van der Waals surface area contributed by atoms with Gasteiger partial charge in [0.1, 0.15) is 0 Å². The maximum absolute atomic E-state index is 3.60. The second-order valence-corrected chi connectivity index (χ2v) is 5.96. The average Bonchev–Trinajstić information content (AvgIpc) is 2.80. The van der Waals surface area contributed by atoms with Crippen LogP contribution in [0.25, 0.3) is 0 Å². The van der Waals surface area contributed by atoms with E-state index in [9.17, 15) is 0 Å². The molecule has 0 aromatic heterocycles. The van der Waals surface area contributed by atoms with Crippen molar-refractivity contribution in [2.75, 3.05) is 33.7 Å². The summed E-state index contributed by atoms with van der Waals surface area (Å²) < 4.78 is 0. The van der Waals surface area contributed by atoms with Gasteiger partial charge in [0, 0.05) is 31.2 Å². The molecule has 1 heterocycles. The van der Waals surface area contributed by atoms with Crippen LogP contribution in [0.2, 0.25) is 0 Å². The number of hydrogen-bond donors (Lipinski definition) is 1. The van der Waals surface area contributed by atoms with Crippen LogP contribution < -0.4 is 5.32 Å². The molecule has 0 spiro atoms. The molecular formula is C14H29N3. The number of nitrogens with one attached hydrogen (secondary N) is 1. The van der Waals surface area contributed by atoms with Gasteiger partial charge < -0.3 is 10.2 Å². The Hall–Kier alpha value is -0.120. The average molecular weight is 239 g/mol. The quantitative estimate of drug-likeness (QED) is 0.803. The van der Waals surface area contributed by atoms with Gasteiger partial charge in [-0.25, -0.2) is 0 Å². The molecule has 17 heavy (non-hydrogen) atoms. The minimum Gasteiger partial charge on any atom is -0.314 e. The monoisotopic (exact) mass is 239 g/mol. The lowest BCUT2D eigenvalue weighted by molar-refractivity contribution is 0.162. The Morgan fingerprint density at radius 2 is 1.82 bits per heavy atom. The van der Waals surface area contributed by atoms with Gasteiger partial charge in [0.15, 0.2) is 0 Å². The minimum absolute atomic E-state index is 0.793. The highest BCUT2D eigenvalue weighted by molar-refractivity contribution is 4.89. The van der Waals surface area contributed by atoms with Crippen molar-refractivity contribution < 1.29 is 0 Å². The third-order valence-electron chi connectivity index (χ3n) is 4.63. The van der Waals surface area contributed by atoms with Gasteiger partial charge in [0.2, 0.25) is 0 Å². The highest BCUT2D eigenvalue weighted by atomic mass is 15.2. The zero-order valence-electron chi connectivity index (χ0n) is 11.8. The van der Waals surface area contributed by atoms with E-state index >= 15 is 0 Å². The summed E-state index contributed by atoms with van der Waals surface area (Å²) in [5.74, 6) is 0. The first-order valence-electron chi connectivity index (χ1n) is 7.34. The van der Waals surface area contributed by atoms with Crippen molar-refractivity contribution in [3.05, 3.63) is 0 Å². The van der Waals surface area contributed by atoms with E-state index in [1.165, 1.54) is 45.2 Å². The second-order valence-electron chi connectivity index (χ2n) is 5.96. The summed E-state index contributed by atoms with van der Waals surface area (Å²) in [5, 5.41) is 3.60. The van der Waals surface area contributed by atoms with E-state index in [0.717, 1.165) is 24.7 Å². The van der Waals surface area contributed by atoms with Crippen molar-refractivity contribution in [1.29, 1.82) is 0 Å². The molecule has 0 bridgehead atoms. The number of rotatable bonds is 4. The molecule has 1 N–H and O–H groups in total. The van der Waals surface area contributed by atoms with Crippen LogP contribution in [0.5, 0.6) is 0 Å². The number of nitrogens with zero attached hydrogens (tertiary/aromatic N) is 2. The summed E-state index contributed by atoms with van der Waals surface area (Å²) in [6.45, 7) is 5.96. The van der Waals surface area contributed by atoms with Gasteiger partial charge in [-0.15, -0.1) is 0 Å². The minimum atomic E-state index is 0.793. The van der Waals surface area contributed by atoms with Gasteiger partial charge in [-0.05, 0) is 52.7 Å². The van der Waals surface area contributed by atoms with Gasteiger partial charge in [0.05, 0.1) is 0 Å². The lowest BCUT2D eigenvalue weighted by Gasteiger charge is -2.35. The first kappa shape index (κ1) is 13.3. The Kier molecular flexibility index (Phi) is 4.83. The second kappa shape index (κ2) is 6.17. The fourth-order valence-corrected chi connectivity index (χ4v) is 3.46. The molecule has 100 valence electrons. The van der Waals surface area contributed by atoms with Crippen molar-refractivity contribution in [2.45, 2.75) is 57.2 Å². The molecule has 1 saturated heterocycles. The maximum Gasteiger partial charge on any atom is 0.0229 e. The highest BCUT2D eigenvalue weighted by Gasteiger charge is 2.31. The van der Waals surface area contributed by atoms with E-state index in [1.54, 1.807) is 0 Å². The fourth-order valence-electron chi connectivity index (χ4n) is 3.46.